The van der Waals surface area contributed by atoms with Gasteiger partial charge in [-0.25, -0.2) is 4.57 Å². The molecule has 0 bridgehead atoms. The standard InChI is InChI=1S/C20H19N9O6S3/c1-2-35-25-11(15-24-20(22)38-26-15)16(31)23-12-17(32)29-13(19(33)34)8(5-37-18(12)29)3-27-4-10-28(7-27)9(6-36-10)14(21)30/h4,6-7,12,18H,2-3,5H2,1H3,(H5-,21,22,23,24,26,30,31,33,34)/b25-11-/t12-,18-/m1/s1. The maximum absolute atomic E-state index is 13.0. The number of β-lactam (4-membered cyclic amide) rings is 1. The zero-order valence-corrected chi connectivity index (χ0v) is 22.0. The van der Waals surface area contributed by atoms with Crippen molar-refractivity contribution in [2.45, 2.75) is 24.9 Å². The van der Waals surface area contributed by atoms with Crippen LogP contribution in [0.1, 0.15) is 23.2 Å². The van der Waals surface area contributed by atoms with Crippen LogP contribution in [0.4, 0.5) is 5.13 Å². The molecule has 5 N–H and O–H groups in total. The normalized spacial score (nSPS) is 19.3. The van der Waals surface area contributed by atoms with Gasteiger partial charge in [0, 0.05) is 28.2 Å². The number of fused-ring (bicyclic) bond motifs is 2. The van der Waals surface area contributed by atoms with Crippen molar-refractivity contribution in [1.82, 2.24) is 24.0 Å². The molecule has 0 aromatic carbocycles. The quantitative estimate of drug-likeness (QED) is 0.107. The van der Waals surface area contributed by atoms with E-state index in [1.54, 1.807) is 33.8 Å². The van der Waals surface area contributed by atoms with Crippen molar-refractivity contribution in [3.63, 3.8) is 0 Å². The zero-order chi connectivity index (χ0) is 27.1. The van der Waals surface area contributed by atoms with Crippen molar-refractivity contribution < 1.29 is 33.7 Å². The Morgan fingerprint density at radius 2 is 2.18 bits per heavy atom. The molecule has 3 amide bonds. The van der Waals surface area contributed by atoms with E-state index in [1.807, 2.05) is 0 Å². The molecule has 2 aliphatic rings. The first-order valence-electron chi connectivity index (χ1n) is 11.0. The van der Waals surface area contributed by atoms with Crippen molar-refractivity contribution in [3.8, 4) is 0 Å². The number of carbonyl (C=O) groups is 4. The van der Waals surface area contributed by atoms with E-state index in [0.29, 0.717) is 11.3 Å². The van der Waals surface area contributed by atoms with Crippen LogP contribution in [0.25, 0.3) is 4.83 Å². The summed E-state index contributed by atoms with van der Waals surface area (Å²) in [6.07, 6.45) is 3.37. The van der Waals surface area contributed by atoms with Gasteiger partial charge in [-0.15, -0.1) is 11.8 Å². The Kier molecular flexibility index (Phi) is 6.76. The number of thioether (sulfide) groups is 1. The van der Waals surface area contributed by atoms with Crippen LogP contribution in [0.5, 0.6) is 0 Å². The first-order chi connectivity index (χ1) is 18.2. The van der Waals surface area contributed by atoms with E-state index in [-0.39, 0.29) is 41.3 Å². The number of rotatable bonds is 9. The third kappa shape index (κ3) is 4.45. The second kappa shape index (κ2) is 10.0. The maximum Gasteiger partial charge on any atom is 0.289 e. The third-order valence-electron chi connectivity index (χ3n) is 5.63. The summed E-state index contributed by atoms with van der Waals surface area (Å²) in [5.41, 5.74) is 11.2. The van der Waals surface area contributed by atoms with Crippen LogP contribution in [0, 0.1) is 0 Å². The first-order valence-corrected chi connectivity index (χ1v) is 13.7. The van der Waals surface area contributed by atoms with Gasteiger partial charge in [0.1, 0.15) is 30.8 Å². The average molecular weight is 578 g/mol. The van der Waals surface area contributed by atoms with E-state index < -0.39 is 35.1 Å². The lowest BCUT2D eigenvalue weighted by Gasteiger charge is -2.50. The Labute approximate surface area is 225 Å². The monoisotopic (exact) mass is 577 g/mol. The average Bonchev–Trinajstić information content (AvgIpc) is 3.58. The van der Waals surface area contributed by atoms with E-state index in [4.69, 9.17) is 16.3 Å². The molecule has 0 aliphatic carbocycles. The Hall–Kier alpha value is -4.03. The highest BCUT2D eigenvalue weighted by atomic mass is 32.2. The van der Waals surface area contributed by atoms with Gasteiger partial charge in [0.25, 0.3) is 24.0 Å². The number of oxime groups is 1. The number of imidazole rings is 1. The molecule has 3 aromatic rings. The summed E-state index contributed by atoms with van der Waals surface area (Å²) in [7, 11) is 0. The minimum absolute atomic E-state index is 0.0556. The van der Waals surface area contributed by atoms with Gasteiger partial charge in [0.05, 0.1) is 11.7 Å². The molecule has 5 rings (SSSR count). The Bertz CT molecular complexity index is 1540. The van der Waals surface area contributed by atoms with Crippen LogP contribution in [-0.4, -0.2) is 71.8 Å². The number of aromatic nitrogens is 4. The maximum atomic E-state index is 13.0. The fourth-order valence-corrected chi connectivity index (χ4v) is 6.70. The lowest BCUT2D eigenvalue weighted by atomic mass is 10.0. The van der Waals surface area contributed by atoms with Crippen molar-refractivity contribution in [3.05, 3.63) is 40.7 Å². The van der Waals surface area contributed by atoms with Gasteiger partial charge < -0.3 is 31.5 Å². The molecule has 38 heavy (non-hydrogen) atoms. The minimum Gasteiger partial charge on any atom is -0.543 e. The summed E-state index contributed by atoms with van der Waals surface area (Å²) in [6, 6.07) is -1.02. The Balaban J connectivity index is 1.36. The molecule has 0 radical (unpaired) electrons. The van der Waals surface area contributed by atoms with Gasteiger partial charge in [0.2, 0.25) is 22.1 Å². The number of carboxylic acid groups (broad SMARTS) is 1. The molecule has 3 aromatic heterocycles. The topological polar surface area (TPSA) is 214 Å². The summed E-state index contributed by atoms with van der Waals surface area (Å²) in [5.74, 6) is -3.29. The Morgan fingerprint density at radius 1 is 1.39 bits per heavy atom. The minimum atomic E-state index is -1.51. The molecule has 5 heterocycles. The number of primary amides is 1. The fourth-order valence-electron chi connectivity index (χ4n) is 4.01. The summed E-state index contributed by atoms with van der Waals surface area (Å²) in [4.78, 5) is 60.5. The number of anilines is 1. The van der Waals surface area contributed by atoms with E-state index in [0.717, 1.165) is 21.3 Å². The summed E-state index contributed by atoms with van der Waals surface area (Å²) < 4.78 is 7.27. The molecule has 0 spiro atoms. The van der Waals surface area contributed by atoms with Crippen LogP contribution in [0.3, 0.4) is 0 Å². The largest absolute Gasteiger partial charge is 0.543 e. The Morgan fingerprint density at radius 3 is 2.84 bits per heavy atom. The van der Waals surface area contributed by atoms with Crippen LogP contribution in [0.15, 0.2) is 34.3 Å². The van der Waals surface area contributed by atoms with Crippen LogP contribution >= 0.6 is 34.6 Å². The first kappa shape index (κ1) is 25.6. The number of nitrogen functional groups attached to an aromatic ring is 1. The number of thiazole rings is 1. The highest BCUT2D eigenvalue weighted by Crippen LogP contribution is 2.40. The van der Waals surface area contributed by atoms with Crippen molar-refractivity contribution in [2.75, 3.05) is 18.1 Å². The lowest BCUT2D eigenvalue weighted by molar-refractivity contribution is -0.687. The number of carboxylic acids is 1. The number of hydrogen-bond acceptors (Lipinski definition) is 13. The molecule has 2 atom stereocenters. The van der Waals surface area contributed by atoms with Gasteiger partial charge in [-0.3, -0.25) is 19.3 Å². The molecule has 1 saturated heterocycles. The molecule has 18 heteroatoms. The smallest absolute Gasteiger partial charge is 0.289 e. The SMILES string of the molecule is CCO/N=C(\C(=O)N[C@@H]1C(=O)N2C(C(=O)[O-])=C(C[n+]3cc4scc(C(N)=O)n4c3)CS[C@H]12)c1nsc(N)n1. The van der Waals surface area contributed by atoms with Gasteiger partial charge in [-0.2, -0.15) is 13.8 Å². The number of nitrogens with two attached hydrogens (primary N) is 2. The number of carbonyl (C=O) groups excluding carboxylic acids is 4. The molecular formula is C20H19N9O6S3. The van der Waals surface area contributed by atoms with Crippen molar-refractivity contribution >= 4 is 74.0 Å². The van der Waals surface area contributed by atoms with Gasteiger partial charge in [-0.05, 0) is 6.92 Å². The number of hydrogen-bond donors (Lipinski definition) is 3. The molecule has 198 valence electrons. The number of nitrogens with one attached hydrogen (secondary N) is 1. The lowest BCUT2D eigenvalue weighted by Crippen LogP contribution is -2.71. The molecule has 1 fully saturated rings. The fraction of sp³-hybridized carbons (Fsp3) is 0.300. The van der Waals surface area contributed by atoms with Crippen LogP contribution < -0.4 is 26.5 Å². The van der Waals surface area contributed by atoms with Gasteiger partial charge in [0.15, 0.2) is 5.13 Å². The van der Waals surface area contributed by atoms with E-state index in [2.05, 4.69) is 19.8 Å². The zero-order valence-electron chi connectivity index (χ0n) is 19.5. The van der Waals surface area contributed by atoms with E-state index in [1.165, 1.54) is 23.1 Å². The van der Waals surface area contributed by atoms with E-state index in [9.17, 15) is 24.3 Å². The molecule has 0 saturated carbocycles. The predicted molar refractivity (Wildman–Crippen MR) is 134 cm³/mol. The molecular weight excluding hydrogens is 558 g/mol. The molecule has 2 aliphatic heterocycles. The summed E-state index contributed by atoms with van der Waals surface area (Å²) in [5, 5.41) is 19.5. The van der Waals surface area contributed by atoms with E-state index >= 15 is 0 Å². The second-order valence-corrected chi connectivity index (χ2v) is 10.8. The van der Waals surface area contributed by atoms with Gasteiger partial charge >= 0.3 is 0 Å². The highest BCUT2D eigenvalue weighted by molar-refractivity contribution is 8.00. The predicted octanol–water partition coefficient (Wildman–Crippen LogP) is -2.33. The highest BCUT2D eigenvalue weighted by Gasteiger charge is 2.53. The van der Waals surface area contributed by atoms with Gasteiger partial charge in [-0.1, -0.05) is 16.5 Å². The van der Waals surface area contributed by atoms with Crippen LogP contribution in [0.2, 0.25) is 0 Å². The van der Waals surface area contributed by atoms with Crippen molar-refractivity contribution in [2.24, 2.45) is 10.9 Å². The number of nitrogens with zero attached hydrogens (tertiary/aromatic N) is 6. The summed E-state index contributed by atoms with van der Waals surface area (Å²) >= 11 is 3.47. The van der Waals surface area contributed by atoms with Crippen LogP contribution in [-0.2, 0) is 25.8 Å². The molecule has 0 unspecified atom stereocenters. The summed E-state index contributed by atoms with van der Waals surface area (Å²) in [6.45, 7) is 1.99. The van der Waals surface area contributed by atoms with Crippen molar-refractivity contribution in [1.29, 1.82) is 0 Å². The molecule has 15 nitrogen and oxygen atoms in total. The third-order valence-corrected chi connectivity index (χ3v) is 8.40. The number of aliphatic carboxylic acids is 1. The second-order valence-electron chi connectivity index (χ2n) is 8.02. The number of amides is 3.